The Kier molecular flexibility index (Phi) is 2.02. The monoisotopic (exact) mass is 194 g/mol. The van der Waals surface area contributed by atoms with Gasteiger partial charge in [-0.2, -0.15) is 0 Å². The second-order valence-corrected chi connectivity index (χ2v) is 3.68. The van der Waals surface area contributed by atoms with Crippen LogP contribution in [0.5, 0.6) is 17.2 Å². The lowest BCUT2D eigenvalue weighted by molar-refractivity contribution is 0.312. The van der Waals surface area contributed by atoms with Crippen molar-refractivity contribution in [3.8, 4) is 17.2 Å². The van der Waals surface area contributed by atoms with Crippen LogP contribution in [0.3, 0.4) is 0 Å². The SMILES string of the molecule is COc1c(C)c(O)cc2c1OC[C@H]2C. The lowest BCUT2D eigenvalue weighted by atomic mass is 10.0. The molecule has 0 aliphatic carbocycles. The van der Waals surface area contributed by atoms with Crippen LogP contribution in [0.15, 0.2) is 6.07 Å². The minimum Gasteiger partial charge on any atom is -0.508 e. The second kappa shape index (κ2) is 3.08. The number of hydrogen-bond donors (Lipinski definition) is 1. The number of rotatable bonds is 1. The summed E-state index contributed by atoms with van der Waals surface area (Å²) in [4.78, 5) is 0. The van der Waals surface area contributed by atoms with E-state index in [-0.39, 0.29) is 5.75 Å². The van der Waals surface area contributed by atoms with Crippen LogP contribution in [0.1, 0.15) is 24.0 Å². The van der Waals surface area contributed by atoms with Gasteiger partial charge in [0.2, 0.25) is 0 Å². The zero-order valence-electron chi connectivity index (χ0n) is 8.63. The average Bonchev–Trinajstić information content (AvgIpc) is 2.51. The fourth-order valence-corrected chi connectivity index (χ4v) is 1.80. The minimum absolute atomic E-state index is 0.276. The van der Waals surface area contributed by atoms with Crippen molar-refractivity contribution in [2.24, 2.45) is 0 Å². The summed E-state index contributed by atoms with van der Waals surface area (Å²) in [6, 6.07) is 1.77. The van der Waals surface area contributed by atoms with Crippen molar-refractivity contribution in [1.29, 1.82) is 0 Å². The van der Waals surface area contributed by atoms with E-state index in [1.165, 1.54) is 0 Å². The van der Waals surface area contributed by atoms with Gasteiger partial charge < -0.3 is 14.6 Å². The largest absolute Gasteiger partial charge is 0.508 e. The maximum atomic E-state index is 9.68. The molecule has 0 aromatic heterocycles. The first-order valence-corrected chi connectivity index (χ1v) is 4.68. The van der Waals surface area contributed by atoms with Crippen LogP contribution < -0.4 is 9.47 Å². The summed E-state index contributed by atoms with van der Waals surface area (Å²) in [6.07, 6.45) is 0. The number of phenolic OH excluding ortho intramolecular Hbond substituents is 1. The summed E-state index contributed by atoms with van der Waals surface area (Å²) in [5.41, 5.74) is 1.77. The van der Waals surface area contributed by atoms with E-state index in [0.29, 0.717) is 18.3 Å². The number of hydrogen-bond acceptors (Lipinski definition) is 3. The molecule has 0 saturated carbocycles. The Balaban J connectivity index is 2.65. The van der Waals surface area contributed by atoms with Gasteiger partial charge in [0, 0.05) is 17.0 Å². The van der Waals surface area contributed by atoms with Crippen LogP contribution in [-0.2, 0) is 0 Å². The standard InChI is InChI=1S/C11H14O3/c1-6-5-14-11-8(6)4-9(12)7(2)10(11)13-3/h4,6,12H,5H2,1-3H3/t6-/m1/s1. The smallest absolute Gasteiger partial charge is 0.167 e. The molecule has 1 aliphatic heterocycles. The van der Waals surface area contributed by atoms with Crippen molar-refractivity contribution in [3.63, 3.8) is 0 Å². The fraction of sp³-hybridized carbons (Fsp3) is 0.455. The first-order valence-electron chi connectivity index (χ1n) is 4.68. The molecule has 1 aromatic carbocycles. The first kappa shape index (κ1) is 9.19. The Labute approximate surface area is 83.3 Å². The number of fused-ring (bicyclic) bond motifs is 1. The summed E-state index contributed by atoms with van der Waals surface area (Å²) in [6.45, 7) is 4.55. The maximum Gasteiger partial charge on any atom is 0.167 e. The molecule has 0 saturated heterocycles. The van der Waals surface area contributed by atoms with Crippen LogP contribution in [0.2, 0.25) is 0 Å². The van der Waals surface area contributed by atoms with Crippen molar-refractivity contribution in [2.75, 3.05) is 13.7 Å². The summed E-state index contributed by atoms with van der Waals surface area (Å²) >= 11 is 0. The molecule has 14 heavy (non-hydrogen) atoms. The van der Waals surface area contributed by atoms with E-state index in [4.69, 9.17) is 9.47 Å². The Morgan fingerprint density at radius 2 is 2.29 bits per heavy atom. The van der Waals surface area contributed by atoms with E-state index in [1.54, 1.807) is 13.2 Å². The summed E-state index contributed by atoms with van der Waals surface area (Å²) in [5, 5.41) is 9.68. The molecule has 0 unspecified atom stereocenters. The van der Waals surface area contributed by atoms with Gasteiger partial charge in [0.25, 0.3) is 0 Å². The van der Waals surface area contributed by atoms with Crippen LogP contribution in [-0.4, -0.2) is 18.8 Å². The molecule has 76 valence electrons. The van der Waals surface area contributed by atoms with E-state index in [2.05, 4.69) is 6.92 Å². The van der Waals surface area contributed by atoms with E-state index >= 15 is 0 Å². The van der Waals surface area contributed by atoms with Crippen LogP contribution >= 0.6 is 0 Å². The Morgan fingerprint density at radius 1 is 1.57 bits per heavy atom. The van der Waals surface area contributed by atoms with E-state index in [0.717, 1.165) is 16.9 Å². The fourth-order valence-electron chi connectivity index (χ4n) is 1.80. The Morgan fingerprint density at radius 3 is 2.93 bits per heavy atom. The highest BCUT2D eigenvalue weighted by atomic mass is 16.5. The topological polar surface area (TPSA) is 38.7 Å². The zero-order valence-corrected chi connectivity index (χ0v) is 8.63. The van der Waals surface area contributed by atoms with Crippen LogP contribution in [0.4, 0.5) is 0 Å². The average molecular weight is 194 g/mol. The third kappa shape index (κ3) is 1.12. The molecule has 3 nitrogen and oxygen atoms in total. The number of phenols is 1. The number of aromatic hydroxyl groups is 1. The van der Waals surface area contributed by atoms with Gasteiger partial charge in [-0.1, -0.05) is 6.92 Å². The van der Waals surface area contributed by atoms with Gasteiger partial charge in [-0.15, -0.1) is 0 Å². The quantitative estimate of drug-likeness (QED) is 0.744. The van der Waals surface area contributed by atoms with Gasteiger partial charge in [-0.3, -0.25) is 0 Å². The molecule has 1 heterocycles. The molecule has 1 aromatic rings. The van der Waals surface area contributed by atoms with Crippen molar-refractivity contribution < 1.29 is 14.6 Å². The normalized spacial score (nSPS) is 18.9. The van der Waals surface area contributed by atoms with Crippen molar-refractivity contribution in [1.82, 2.24) is 0 Å². The molecule has 0 fully saturated rings. The van der Waals surface area contributed by atoms with Gasteiger partial charge in [-0.05, 0) is 13.0 Å². The highest BCUT2D eigenvalue weighted by Crippen LogP contribution is 2.46. The highest BCUT2D eigenvalue weighted by molar-refractivity contribution is 5.59. The molecular formula is C11H14O3. The minimum atomic E-state index is 0.276. The number of benzene rings is 1. The molecule has 2 rings (SSSR count). The second-order valence-electron chi connectivity index (χ2n) is 3.68. The number of methoxy groups -OCH3 is 1. The first-order chi connectivity index (χ1) is 6.65. The molecule has 0 spiro atoms. The molecule has 3 heteroatoms. The lowest BCUT2D eigenvalue weighted by Gasteiger charge is -2.11. The predicted molar refractivity (Wildman–Crippen MR) is 53.3 cm³/mol. The molecule has 0 amide bonds. The Hall–Kier alpha value is -1.38. The maximum absolute atomic E-state index is 9.68. The molecular weight excluding hydrogens is 180 g/mol. The molecule has 1 aliphatic rings. The predicted octanol–water partition coefficient (Wildman–Crippen LogP) is 2.21. The Bertz CT molecular complexity index is 371. The molecule has 0 radical (unpaired) electrons. The third-order valence-corrected chi connectivity index (χ3v) is 2.70. The molecule has 0 bridgehead atoms. The van der Waals surface area contributed by atoms with Gasteiger partial charge in [0.1, 0.15) is 5.75 Å². The van der Waals surface area contributed by atoms with Crippen LogP contribution in [0, 0.1) is 6.92 Å². The van der Waals surface area contributed by atoms with Gasteiger partial charge in [0.05, 0.1) is 13.7 Å². The zero-order chi connectivity index (χ0) is 10.3. The molecule has 1 atom stereocenters. The van der Waals surface area contributed by atoms with E-state index in [9.17, 15) is 5.11 Å². The van der Waals surface area contributed by atoms with E-state index < -0.39 is 0 Å². The highest BCUT2D eigenvalue weighted by Gasteiger charge is 2.26. The van der Waals surface area contributed by atoms with Crippen molar-refractivity contribution >= 4 is 0 Å². The summed E-state index contributed by atoms with van der Waals surface area (Å²) in [7, 11) is 1.59. The number of ether oxygens (including phenoxy) is 2. The lowest BCUT2D eigenvalue weighted by Crippen LogP contribution is -1.93. The third-order valence-electron chi connectivity index (χ3n) is 2.70. The van der Waals surface area contributed by atoms with Crippen LogP contribution in [0.25, 0.3) is 0 Å². The van der Waals surface area contributed by atoms with E-state index in [1.807, 2.05) is 6.92 Å². The summed E-state index contributed by atoms with van der Waals surface area (Å²) in [5.74, 6) is 2.04. The molecule has 1 N–H and O–H groups in total. The van der Waals surface area contributed by atoms with Crippen molar-refractivity contribution in [3.05, 3.63) is 17.2 Å². The van der Waals surface area contributed by atoms with Gasteiger partial charge in [0.15, 0.2) is 11.5 Å². The van der Waals surface area contributed by atoms with Gasteiger partial charge in [-0.25, -0.2) is 0 Å². The van der Waals surface area contributed by atoms with Crippen molar-refractivity contribution in [2.45, 2.75) is 19.8 Å². The summed E-state index contributed by atoms with van der Waals surface area (Å²) < 4.78 is 10.8. The van der Waals surface area contributed by atoms with Gasteiger partial charge >= 0.3 is 0 Å².